The number of amides is 3. The van der Waals surface area contributed by atoms with E-state index in [1.807, 2.05) is 19.1 Å². The topological polar surface area (TPSA) is 122 Å². The zero-order valence-corrected chi connectivity index (χ0v) is 20.7. The summed E-state index contributed by atoms with van der Waals surface area (Å²) in [5, 5.41) is 5.31. The Bertz CT molecular complexity index is 1410. The molecular formula is C26H27FN4O4S. The van der Waals surface area contributed by atoms with Crippen LogP contribution in [-0.2, 0) is 14.6 Å². The largest absolute Gasteiger partial charge is 0.326 e. The molecule has 0 saturated carbocycles. The predicted molar refractivity (Wildman–Crippen MR) is 137 cm³/mol. The van der Waals surface area contributed by atoms with Crippen LogP contribution in [0.2, 0.25) is 0 Å². The van der Waals surface area contributed by atoms with Crippen LogP contribution in [-0.4, -0.2) is 50.1 Å². The number of anilines is 2. The van der Waals surface area contributed by atoms with Gasteiger partial charge < -0.3 is 21.3 Å². The van der Waals surface area contributed by atoms with Crippen molar-refractivity contribution in [2.75, 3.05) is 23.4 Å². The van der Waals surface area contributed by atoms with Crippen molar-refractivity contribution in [1.29, 1.82) is 0 Å². The second-order valence-corrected chi connectivity index (χ2v) is 10.9. The molecule has 4 N–H and O–H groups in total. The maximum absolute atomic E-state index is 15.0. The number of hydrogen-bond acceptors (Lipinski definition) is 5. The molecule has 10 heteroatoms. The lowest BCUT2D eigenvalue weighted by Gasteiger charge is -2.24. The highest BCUT2D eigenvalue weighted by Crippen LogP contribution is 2.30. The number of nitrogens with zero attached hydrogens (tertiary/aromatic N) is 1. The van der Waals surface area contributed by atoms with E-state index in [0.717, 1.165) is 11.8 Å². The molecule has 0 bridgehead atoms. The van der Waals surface area contributed by atoms with Gasteiger partial charge in [0.1, 0.15) is 11.9 Å². The van der Waals surface area contributed by atoms with E-state index in [2.05, 4.69) is 10.6 Å². The first-order valence-electron chi connectivity index (χ1n) is 11.3. The second kappa shape index (κ2) is 10.1. The Kier molecular flexibility index (Phi) is 7.09. The smallest absolute Gasteiger partial charge is 0.322 e. The summed E-state index contributed by atoms with van der Waals surface area (Å²) in [5.41, 5.74) is 8.29. The molecular weight excluding hydrogens is 483 g/mol. The van der Waals surface area contributed by atoms with Crippen LogP contribution in [0.1, 0.15) is 12.0 Å². The molecule has 2 atom stereocenters. The number of carbonyl (C=O) groups excluding carboxylic acids is 2. The van der Waals surface area contributed by atoms with E-state index >= 15 is 0 Å². The Labute approximate surface area is 209 Å². The molecule has 188 valence electrons. The Morgan fingerprint density at radius 2 is 1.72 bits per heavy atom. The van der Waals surface area contributed by atoms with Gasteiger partial charge in [-0.25, -0.2) is 17.6 Å². The summed E-state index contributed by atoms with van der Waals surface area (Å²) >= 11 is 0. The molecule has 0 aromatic heterocycles. The highest BCUT2D eigenvalue weighted by molar-refractivity contribution is 7.90. The lowest BCUT2D eigenvalue weighted by atomic mass is 10.0. The lowest BCUT2D eigenvalue weighted by molar-refractivity contribution is -0.119. The minimum atomic E-state index is -3.53. The molecule has 8 nitrogen and oxygen atoms in total. The van der Waals surface area contributed by atoms with Crippen molar-refractivity contribution in [1.82, 2.24) is 4.90 Å². The monoisotopic (exact) mass is 510 g/mol. The number of likely N-dealkylation sites (tertiary alicyclic amines) is 1. The minimum absolute atomic E-state index is 0.0800. The Balaban J connectivity index is 1.51. The highest BCUT2D eigenvalue weighted by Gasteiger charge is 2.38. The number of rotatable bonds is 5. The Hall–Kier alpha value is -3.76. The van der Waals surface area contributed by atoms with E-state index in [9.17, 15) is 22.4 Å². The van der Waals surface area contributed by atoms with Gasteiger partial charge in [-0.05, 0) is 49.2 Å². The van der Waals surface area contributed by atoms with Crippen LogP contribution < -0.4 is 16.4 Å². The standard InChI is InChI=1S/C26H27FN4O4S/c1-16-7-10-19(11-8-16)29-26(33)31-15-18(28)14-23(31)25(32)30-22-12-9-17(13-21(22)27)20-5-3-4-6-24(20)36(2,34)35/h3-13,18,23H,14-15,28H2,1-2H3,(H,29,33)(H,30,32)/t18-,23-/m1/s1. The molecule has 36 heavy (non-hydrogen) atoms. The van der Waals surface area contributed by atoms with E-state index in [4.69, 9.17) is 5.73 Å². The number of nitrogens with one attached hydrogen (secondary N) is 2. The molecule has 3 aromatic rings. The van der Waals surface area contributed by atoms with Crippen LogP contribution >= 0.6 is 0 Å². The van der Waals surface area contributed by atoms with E-state index in [1.54, 1.807) is 30.3 Å². The van der Waals surface area contributed by atoms with Gasteiger partial charge in [-0.3, -0.25) is 4.79 Å². The number of urea groups is 1. The van der Waals surface area contributed by atoms with Crippen LogP contribution in [0, 0.1) is 12.7 Å². The second-order valence-electron chi connectivity index (χ2n) is 8.91. The number of sulfone groups is 1. The molecule has 1 aliphatic rings. The third-order valence-electron chi connectivity index (χ3n) is 6.02. The van der Waals surface area contributed by atoms with Crippen LogP contribution in [0.15, 0.2) is 71.6 Å². The Morgan fingerprint density at radius 1 is 1.03 bits per heavy atom. The summed E-state index contributed by atoms with van der Waals surface area (Å²) in [6.45, 7) is 2.11. The van der Waals surface area contributed by atoms with Crippen LogP contribution in [0.3, 0.4) is 0 Å². The maximum Gasteiger partial charge on any atom is 0.322 e. The normalized spacial score (nSPS) is 17.6. The number of aryl methyl sites for hydroxylation is 1. The van der Waals surface area contributed by atoms with Crippen molar-refractivity contribution in [3.8, 4) is 11.1 Å². The third-order valence-corrected chi connectivity index (χ3v) is 7.18. The third kappa shape index (κ3) is 5.55. The molecule has 1 saturated heterocycles. The molecule has 3 amide bonds. The summed E-state index contributed by atoms with van der Waals surface area (Å²) in [7, 11) is -3.53. The van der Waals surface area contributed by atoms with Crippen molar-refractivity contribution < 1.29 is 22.4 Å². The average molecular weight is 511 g/mol. The van der Waals surface area contributed by atoms with Crippen molar-refractivity contribution in [3.05, 3.63) is 78.1 Å². The first-order chi connectivity index (χ1) is 17.0. The summed E-state index contributed by atoms with van der Waals surface area (Å²) in [4.78, 5) is 27.3. The molecule has 3 aromatic carbocycles. The predicted octanol–water partition coefficient (Wildman–Crippen LogP) is 3.78. The maximum atomic E-state index is 15.0. The van der Waals surface area contributed by atoms with Crippen molar-refractivity contribution >= 4 is 33.2 Å². The van der Waals surface area contributed by atoms with Gasteiger partial charge in [0.25, 0.3) is 0 Å². The van der Waals surface area contributed by atoms with Crippen molar-refractivity contribution in [2.24, 2.45) is 5.73 Å². The summed E-state index contributed by atoms with van der Waals surface area (Å²) in [6, 6.07) is 15.9. The fourth-order valence-corrected chi connectivity index (χ4v) is 5.11. The molecule has 4 rings (SSSR count). The number of benzene rings is 3. The van der Waals surface area contributed by atoms with Gasteiger partial charge in [0.15, 0.2) is 9.84 Å². The number of halogens is 1. The quantitative estimate of drug-likeness (QED) is 0.482. The number of hydrogen-bond donors (Lipinski definition) is 3. The van der Waals surface area contributed by atoms with Crippen molar-refractivity contribution in [2.45, 2.75) is 30.3 Å². The molecule has 0 aliphatic carbocycles. The van der Waals surface area contributed by atoms with Gasteiger partial charge >= 0.3 is 6.03 Å². The van der Waals surface area contributed by atoms with E-state index in [0.29, 0.717) is 16.8 Å². The number of nitrogens with two attached hydrogens (primary N) is 1. The summed E-state index contributed by atoms with van der Waals surface area (Å²) in [5.74, 6) is -1.30. The first kappa shape index (κ1) is 25.3. The Morgan fingerprint density at radius 3 is 2.39 bits per heavy atom. The average Bonchev–Trinajstić information content (AvgIpc) is 3.23. The van der Waals surface area contributed by atoms with Gasteiger partial charge in [0, 0.05) is 30.1 Å². The van der Waals surface area contributed by atoms with Crippen LogP contribution in [0.25, 0.3) is 11.1 Å². The highest BCUT2D eigenvalue weighted by atomic mass is 32.2. The molecule has 1 heterocycles. The lowest BCUT2D eigenvalue weighted by Crippen LogP contribution is -2.45. The van der Waals surface area contributed by atoms with Gasteiger partial charge in [0.2, 0.25) is 5.91 Å². The van der Waals surface area contributed by atoms with Gasteiger partial charge in [-0.2, -0.15) is 0 Å². The minimum Gasteiger partial charge on any atom is -0.326 e. The molecule has 0 radical (unpaired) electrons. The van der Waals surface area contributed by atoms with Crippen molar-refractivity contribution in [3.63, 3.8) is 0 Å². The van der Waals surface area contributed by atoms with Gasteiger partial charge in [-0.15, -0.1) is 0 Å². The van der Waals surface area contributed by atoms with Gasteiger partial charge in [-0.1, -0.05) is 42.0 Å². The van der Waals surface area contributed by atoms with E-state index < -0.39 is 39.7 Å². The molecule has 1 fully saturated rings. The zero-order chi connectivity index (χ0) is 26.0. The van der Waals surface area contributed by atoms with E-state index in [1.165, 1.54) is 29.2 Å². The number of carbonyl (C=O) groups is 2. The molecule has 0 spiro atoms. The van der Waals surface area contributed by atoms with Crippen LogP contribution in [0.4, 0.5) is 20.6 Å². The molecule has 0 unspecified atom stereocenters. The zero-order valence-electron chi connectivity index (χ0n) is 19.9. The fraction of sp³-hybridized carbons (Fsp3) is 0.231. The fourth-order valence-electron chi connectivity index (χ4n) is 4.20. The van der Waals surface area contributed by atoms with Crippen LogP contribution in [0.5, 0.6) is 0 Å². The summed E-state index contributed by atoms with van der Waals surface area (Å²) < 4.78 is 39.2. The van der Waals surface area contributed by atoms with Gasteiger partial charge in [0.05, 0.1) is 10.6 Å². The first-order valence-corrected chi connectivity index (χ1v) is 13.2. The SMILES string of the molecule is Cc1ccc(NC(=O)N2C[C@H](N)C[C@@H]2C(=O)Nc2ccc(-c3ccccc3S(C)(=O)=O)cc2F)cc1. The molecule has 1 aliphatic heterocycles. The van der Waals surface area contributed by atoms with E-state index in [-0.39, 0.29) is 23.5 Å². The summed E-state index contributed by atoms with van der Waals surface area (Å²) in [6.07, 6.45) is 1.32.